The van der Waals surface area contributed by atoms with Gasteiger partial charge >= 0.3 is 0 Å². The van der Waals surface area contributed by atoms with Gasteiger partial charge in [0.1, 0.15) is 16.6 Å². The monoisotopic (exact) mass is 421 g/mol. The molecule has 0 aliphatic heterocycles. The Hall–Kier alpha value is -2.55. The Morgan fingerprint density at radius 2 is 1.86 bits per heavy atom. The van der Waals surface area contributed by atoms with Gasteiger partial charge in [0.2, 0.25) is 5.13 Å². The van der Waals surface area contributed by atoms with Gasteiger partial charge in [-0.15, -0.1) is 10.2 Å². The summed E-state index contributed by atoms with van der Waals surface area (Å²) in [5, 5.41) is 9.81. The first kappa shape index (κ1) is 20.2. The van der Waals surface area contributed by atoms with Gasteiger partial charge in [0, 0.05) is 17.7 Å². The van der Waals surface area contributed by atoms with E-state index < -0.39 is 0 Å². The summed E-state index contributed by atoms with van der Waals surface area (Å²) in [5.41, 5.74) is 0.724. The zero-order chi connectivity index (χ0) is 19.9. The van der Waals surface area contributed by atoms with E-state index in [1.165, 1.54) is 28.4 Å². The lowest BCUT2D eigenvalue weighted by Gasteiger charge is -2.19. The van der Waals surface area contributed by atoms with Gasteiger partial charge in [-0.05, 0) is 48.5 Å². The molecule has 1 amide bonds. The summed E-state index contributed by atoms with van der Waals surface area (Å²) in [4.78, 5) is 14.2. The Labute approximate surface area is 170 Å². The molecule has 6 nitrogen and oxygen atoms in total. The van der Waals surface area contributed by atoms with Crippen molar-refractivity contribution < 1.29 is 18.7 Å². The Morgan fingerprint density at radius 1 is 1.14 bits per heavy atom. The van der Waals surface area contributed by atoms with Crippen molar-refractivity contribution in [3.63, 3.8) is 0 Å². The van der Waals surface area contributed by atoms with E-state index >= 15 is 0 Å². The minimum atomic E-state index is -0.329. The number of halogens is 2. The molecule has 146 valence electrons. The molecule has 9 heteroatoms. The lowest BCUT2D eigenvalue weighted by atomic mass is 10.2. The average Bonchev–Trinajstić information content (AvgIpc) is 3.18. The van der Waals surface area contributed by atoms with E-state index in [2.05, 4.69) is 10.2 Å². The maximum absolute atomic E-state index is 13.1. The van der Waals surface area contributed by atoms with E-state index in [1.807, 2.05) is 0 Å². The van der Waals surface area contributed by atoms with Crippen molar-refractivity contribution >= 4 is 34.0 Å². The molecule has 0 aliphatic rings. The van der Waals surface area contributed by atoms with Crippen molar-refractivity contribution in [1.29, 1.82) is 0 Å². The Morgan fingerprint density at radius 3 is 2.54 bits per heavy atom. The van der Waals surface area contributed by atoms with Crippen LogP contribution in [0.4, 0.5) is 9.52 Å². The molecular formula is C19H17ClFN3O3S. The van der Waals surface area contributed by atoms with Crippen LogP contribution in [0.5, 0.6) is 5.75 Å². The highest BCUT2D eigenvalue weighted by Gasteiger charge is 2.21. The minimum absolute atomic E-state index is 0.170. The van der Waals surface area contributed by atoms with E-state index in [4.69, 9.17) is 21.1 Å². The largest absolute Gasteiger partial charge is 0.484 e. The average molecular weight is 422 g/mol. The summed E-state index contributed by atoms with van der Waals surface area (Å²) in [5.74, 6) is -0.0766. The molecule has 0 radical (unpaired) electrons. The van der Waals surface area contributed by atoms with Crippen LogP contribution in [0.25, 0.3) is 10.6 Å². The predicted molar refractivity (Wildman–Crippen MR) is 106 cm³/mol. The third kappa shape index (κ3) is 5.25. The summed E-state index contributed by atoms with van der Waals surface area (Å²) >= 11 is 7.08. The number of nitrogens with zero attached hydrogens (tertiary/aromatic N) is 3. The molecule has 0 atom stereocenters. The normalized spacial score (nSPS) is 10.7. The SMILES string of the molecule is COCCN(C(=O)COc1ccc(Cl)cc1)c1nnc(-c2ccc(F)cc2)s1. The van der Waals surface area contributed by atoms with Gasteiger partial charge in [0.25, 0.3) is 5.91 Å². The summed E-state index contributed by atoms with van der Waals surface area (Å²) in [7, 11) is 1.55. The molecule has 0 saturated carbocycles. The molecule has 2 aromatic carbocycles. The van der Waals surface area contributed by atoms with E-state index in [1.54, 1.807) is 43.5 Å². The van der Waals surface area contributed by atoms with Crippen LogP contribution in [0.3, 0.4) is 0 Å². The quantitative estimate of drug-likeness (QED) is 0.549. The smallest absolute Gasteiger partial charge is 0.266 e. The highest BCUT2D eigenvalue weighted by atomic mass is 35.5. The number of methoxy groups -OCH3 is 1. The maximum Gasteiger partial charge on any atom is 0.266 e. The zero-order valence-electron chi connectivity index (χ0n) is 15.0. The van der Waals surface area contributed by atoms with Gasteiger partial charge < -0.3 is 9.47 Å². The Kier molecular flexibility index (Phi) is 6.91. The minimum Gasteiger partial charge on any atom is -0.484 e. The van der Waals surface area contributed by atoms with Crippen LogP contribution in [0, 0.1) is 5.82 Å². The number of carbonyl (C=O) groups excluding carboxylic acids is 1. The van der Waals surface area contributed by atoms with Crippen LogP contribution >= 0.6 is 22.9 Å². The van der Waals surface area contributed by atoms with Crippen LogP contribution in [0.1, 0.15) is 0 Å². The summed E-state index contributed by atoms with van der Waals surface area (Å²) in [6.07, 6.45) is 0. The molecule has 0 saturated heterocycles. The number of aromatic nitrogens is 2. The second-order valence-corrected chi connectivity index (χ2v) is 7.07. The molecule has 1 aromatic heterocycles. The van der Waals surface area contributed by atoms with Crippen molar-refractivity contribution in [1.82, 2.24) is 10.2 Å². The standard InChI is InChI=1S/C19H17ClFN3O3S/c1-26-11-10-24(17(25)12-27-16-8-4-14(20)5-9-16)19-23-22-18(28-19)13-2-6-15(21)7-3-13/h2-9H,10-12H2,1H3. The molecule has 0 N–H and O–H groups in total. The molecular weight excluding hydrogens is 405 g/mol. The third-order valence-corrected chi connectivity index (χ3v) is 4.98. The van der Waals surface area contributed by atoms with Gasteiger partial charge in [0.05, 0.1) is 13.2 Å². The lowest BCUT2D eigenvalue weighted by Crippen LogP contribution is -2.37. The van der Waals surface area contributed by atoms with Crippen LogP contribution in [-0.4, -0.2) is 43.0 Å². The number of hydrogen-bond acceptors (Lipinski definition) is 6. The molecule has 0 spiro atoms. The molecule has 1 heterocycles. The summed E-state index contributed by atoms with van der Waals surface area (Å²) < 4.78 is 23.7. The molecule has 0 aliphatic carbocycles. The van der Waals surface area contributed by atoms with E-state index in [0.29, 0.717) is 34.1 Å². The number of anilines is 1. The fraction of sp³-hybridized carbons (Fsp3) is 0.211. The zero-order valence-corrected chi connectivity index (χ0v) is 16.5. The maximum atomic E-state index is 13.1. The van der Waals surface area contributed by atoms with Crippen molar-refractivity contribution in [3.8, 4) is 16.3 Å². The highest BCUT2D eigenvalue weighted by Crippen LogP contribution is 2.29. The van der Waals surface area contributed by atoms with Crippen molar-refractivity contribution in [2.24, 2.45) is 0 Å². The Bertz CT molecular complexity index is 919. The van der Waals surface area contributed by atoms with Gasteiger partial charge in [-0.3, -0.25) is 9.69 Å². The molecule has 28 heavy (non-hydrogen) atoms. The van der Waals surface area contributed by atoms with Gasteiger partial charge in [0.15, 0.2) is 6.61 Å². The first-order valence-electron chi connectivity index (χ1n) is 8.34. The second kappa shape index (κ2) is 9.59. The topological polar surface area (TPSA) is 64.5 Å². The number of carbonyl (C=O) groups is 1. The summed E-state index contributed by atoms with van der Waals surface area (Å²) in [6.45, 7) is 0.465. The van der Waals surface area contributed by atoms with Gasteiger partial charge in [-0.2, -0.15) is 0 Å². The van der Waals surface area contributed by atoms with E-state index in [9.17, 15) is 9.18 Å². The van der Waals surface area contributed by atoms with Crippen LogP contribution in [0.2, 0.25) is 5.02 Å². The number of ether oxygens (including phenoxy) is 2. The number of amides is 1. The van der Waals surface area contributed by atoms with Crippen molar-refractivity contribution in [2.75, 3.05) is 31.8 Å². The molecule has 0 bridgehead atoms. The predicted octanol–water partition coefficient (Wildman–Crippen LogP) is 4.06. The van der Waals surface area contributed by atoms with Crippen LogP contribution < -0.4 is 9.64 Å². The van der Waals surface area contributed by atoms with E-state index in [-0.39, 0.29) is 18.3 Å². The molecule has 0 unspecified atom stereocenters. The molecule has 3 aromatic rings. The fourth-order valence-electron chi connectivity index (χ4n) is 2.30. The van der Waals surface area contributed by atoms with Gasteiger partial charge in [-0.25, -0.2) is 4.39 Å². The highest BCUT2D eigenvalue weighted by molar-refractivity contribution is 7.18. The fourth-order valence-corrected chi connectivity index (χ4v) is 3.32. The number of hydrogen-bond donors (Lipinski definition) is 0. The summed E-state index contributed by atoms with van der Waals surface area (Å²) in [6, 6.07) is 12.7. The second-order valence-electron chi connectivity index (χ2n) is 5.68. The molecule has 0 fully saturated rings. The first-order valence-corrected chi connectivity index (χ1v) is 9.53. The third-order valence-electron chi connectivity index (χ3n) is 3.73. The van der Waals surface area contributed by atoms with Crippen LogP contribution in [-0.2, 0) is 9.53 Å². The molecule has 3 rings (SSSR count). The van der Waals surface area contributed by atoms with Crippen molar-refractivity contribution in [3.05, 3.63) is 59.4 Å². The van der Waals surface area contributed by atoms with Crippen molar-refractivity contribution in [2.45, 2.75) is 0 Å². The Balaban J connectivity index is 1.72. The number of rotatable bonds is 8. The first-order chi connectivity index (χ1) is 13.6. The van der Waals surface area contributed by atoms with Crippen LogP contribution in [0.15, 0.2) is 48.5 Å². The number of benzene rings is 2. The van der Waals surface area contributed by atoms with E-state index in [0.717, 1.165) is 5.56 Å². The van der Waals surface area contributed by atoms with Gasteiger partial charge in [-0.1, -0.05) is 22.9 Å². The lowest BCUT2D eigenvalue weighted by molar-refractivity contribution is -0.120.